The third-order valence-corrected chi connectivity index (χ3v) is 4.52. The van der Waals surface area contributed by atoms with Gasteiger partial charge in [-0.3, -0.25) is 14.7 Å². The van der Waals surface area contributed by atoms with Gasteiger partial charge in [0.1, 0.15) is 11.6 Å². The molecule has 3 rings (SSSR count). The van der Waals surface area contributed by atoms with E-state index in [4.69, 9.17) is 5.73 Å². The average molecular weight is 395 g/mol. The van der Waals surface area contributed by atoms with Crippen molar-refractivity contribution >= 4 is 29.5 Å². The summed E-state index contributed by atoms with van der Waals surface area (Å²) in [6.45, 7) is 6.40. The largest absolute Gasteiger partial charge is 0.398 e. The van der Waals surface area contributed by atoms with Crippen LogP contribution in [0.15, 0.2) is 53.8 Å². The van der Waals surface area contributed by atoms with E-state index in [1.165, 1.54) is 17.7 Å². The Morgan fingerprint density at radius 3 is 2.52 bits per heavy atom. The molecular weight excluding hydrogens is 364 g/mol. The minimum Gasteiger partial charge on any atom is -0.398 e. The predicted octanol–water partition coefficient (Wildman–Crippen LogP) is 3.14. The summed E-state index contributed by atoms with van der Waals surface area (Å²) in [6.07, 6.45) is 8.36. The maximum Gasteiger partial charge on any atom is 0.215 e. The average Bonchev–Trinajstić information content (AvgIpc) is 3.33. The van der Waals surface area contributed by atoms with Crippen molar-refractivity contribution in [2.24, 2.45) is 10.7 Å². The lowest BCUT2D eigenvalue weighted by Gasteiger charge is -2.17. The highest BCUT2D eigenvalue weighted by molar-refractivity contribution is 6.04. The number of anilines is 2. The van der Waals surface area contributed by atoms with E-state index in [0.717, 1.165) is 30.9 Å². The highest BCUT2D eigenvalue weighted by Gasteiger charge is 2.14. The smallest absolute Gasteiger partial charge is 0.215 e. The molecule has 2 aromatic rings. The Bertz CT molecular complexity index is 811. The number of pyridine rings is 2. The number of amides is 1. The fourth-order valence-corrected chi connectivity index (χ4v) is 3.00. The molecule has 7 heteroatoms. The molecule has 0 bridgehead atoms. The van der Waals surface area contributed by atoms with E-state index in [0.29, 0.717) is 17.2 Å². The van der Waals surface area contributed by atoms with Crippen molar-refractivity contribution in [3.05, 3.63) is 54.4 Å². The molecule has 2 aromatic heterocycles. The number of hydrogen-bond donors (Lipinski definition) is 1. The first kappa shape index (κ1) is 22.1. The molecule has 2 N–H and O–H groups in total. The lowest BCUT2D eigenvalue weighted by Crippen LogP contribution is -2.28. The number of carbonyl (C=O) groups is 1. The summed E-state index contributed by atoms with van der Waals surface area (Å²) in [6, 6.07) is 9.37. The zero-order valence-electron chi connectivity index (χ0n) is 17.5. The molecule has 1 aliphatic heterocycles. The first-order chi connectivity index (χ1) is 14.2. The van der Waals surface area contributed by atoms with E-state index in [1.807, 2.05) is 32.0 Å². The second kappa shape index (κ2) is 11.6. The van der Waals surface area contributed by atoms with Crippen molar-refractivity contribution in [3.8, 4) is 0 Å². The monoisotopic (exact) mass is 394 g/mol. The fraction of sp³-hybridized carbons (Fsp3) is 0.364. The highest BCUT2D eigenvalue weighted by atomic mass is 16.1. The van der Waals surface area contributed by atoms with Gasteiger partial charge in [-0.15, -0.1) is 0 Å². The number of carbonyl (C=O) groups excluding carboxylic acids is 1. The zero-order chi connectivity index (χ0) is 21.1. The molecule has 7 nitrogen and oxygen atoms in total. The van der Waals surface area contributed by atoms with Crippen LogP contribution in [0.5, 0.6) is 0 Å². The van der Waals surface area contributed by atoms with Gasteiger partial charge in [-0.25, -0.2) is 9.97 Å². The Balaban J connectivity index is 0.00000145. The molecule has 3 heterocycles. The van der Waals surface area contributed by atoms with Crippen LogP contribution in [-0.4, -0.2) is 48.8 Å². The molecule has 0 atom stereocenters. The summed E-state index contributed by atoms with van der Waals surface area (Å²) >= 11 is 0. The van der Waals surface area contributed by atoms with Crippen LogP contribution in [0.2, 0.25) is 0 Å². The third kappa shape index (κ3) is 6.14. The van der Waals surface area contributed by atoms with Crippen LogP contribution in [0, 0.1) is 0 Å². The number of hydrogen-bond acceptors (Lipinski definition) is 6. The second-order valence-corrected chi connectivity index (χ2v) is 6.34. The molecule has 0 aromatic carbocycles. The van der Waals surface area contributed by atoms with Crippen LogP contribution >= 0.6 is 0 Å². The Morgan fingerprint density at radius 2 is 1.97 bits per heavy atom. The standard InChI is InChI=1S/C20H24N6O.C2H6/c1-22-17(14-26(15-27)19-6-2-3-9-23-19)12-18(21)16-7-8-20(24-13-16)25-10-4-5-11-25;1-2/h2-3,6-9,12-13,15H,4-5,10-11,14,21H2,1H3;1-2H3/b18-12-,22-17?;. The maximum absolute atomic E-state index is 11.4. The lowest BCUT2D eigenvalue weighted by molar-refractivity contribution is -0.107. The molecule has 1 aliphatic rings. The molecule has 0 spiro atoms. The van der Waals surface area contributed by atoms with Crippen molar-refractivity contribution in [2.75, 3.05) is 36.5 Å². The molecule has 1 amide bonds. The first-order valence-electron chi connectivity index (χ1n) is 9.98. The van der Waals surface area contributed by atoms with Gasteiger partial charge in [0.05, 0.1) is 12.3 Å². The Kier molecular flexibility index (Phi) is 8.82. The van der Waals surface area contributed by atoms with E-state index in [2.05, 4.69) is 19.9 Å². The number of rotatable bonds is 7. The van der Waals surface area contributed by atoms with E-state index < -0.39 is 0 Å². The Morgan fingerprint density at radius 1 is 1.21 bits per heavy atom. The molecule has 0 unspecified atom stereocenters. The lowest BCUT2D eigenvalue weighted by atomic mass is 10.1. The number of nitrogens with two attached hydrogens (primary N) is 1. The number of aliphatic imine (C=N–C) groups is 1. The normalized spacial score (nSPS) is 14.2. The summed E-state index contributed by atoms with van der Waals surface area (Å²) in [5.74, 6) is 1.55. The maximum atomic E-state index is 11.4. The van der Waals surface area contributed by atoms with Gasteiger partial charge in [0.25, 0.3) is 0 Å². The van der Waals surface area contributed by atoms with Crippen LogP contribution in [0.25, 0.3) is 5.70 Å². The summed E-state index contributed by atoms with van der Waals surface area (Å²) in [5, 5.41) is 0. The van der Waals surface area contributed by atoms with Gasteiger partial charge in [-0.05, 0) is 43.2 Å². The van der Waals surface area contributed by atoms with Crippen molar-refractivity contribution in [1.29, 1.82) is 0 Å². The van der Waals surface area contributed by atoms with Crippen molar-refractivity contribution in [3.63, 3.8) is 0 Å². The highest BCUT2D eigenvalue weighted by Crippen LogP contribution is 2.19. The molecule has 154 valence electrons. The topological polar surface area (TPSA) is 87.7 Å². The number of aromatic nitrogens is 2. The summed E-state index contributed by atoms with van der Waals surface area (Å²) in [7, 11) is 1.68. The van der Waals surface area contributed by atoms with Crippen LogP contribution in [0.1, 0.15) is 32.3 Å². The van der Waals surface area contributed by atoms with Gasteiger partial charge in [-0.2, -0.15) is 0 Å². The number of nitrogens with zero attached hydrogens (tertiary/aromatic N) is 5. The van der Waals surface area contributed by atoms with Crippen LogP contribution < -0.4 is 15.5 Å². The zero-order valence-corrected chi connectivity index (χ0v) is 17.5. The third-order valence-electron chi connectivity index (χ3n) is 4.52. The predicted molar refractivity (Wildman–Crippen MR) is 120 cm³/mol. The molecule has 1 saturated heterocycles. The van der Waals surface area contributed by atoms with Gasteiger partial charge in [0, 0.05) is 43.8 Å². The molecular formula is C22H30N6O. The van der Waals surface area contributed by atoms with Gasteiger partial charge in [-0.1, -0.05) is 19.9 Å². The summed E-state index contributed by atoms with van der Waals surface area (Å²) in [5.41, 5.74) is 8.30. The van der Waals surface area contributed by atoms with Crippen molar-refractivity contribution < 1.29 is 4.79 Å². The quantitative estimate of drug-likeness (QED) is 0.576. The Hall–Kier alpha value is -3.22. The molecule has 0 aliphatic carbocycles. The van der Waals surface area contributed by atoms with E-state index in [1.54, 1.807) is 37.7 Å². The molecule has 29 heavy (non-hydrogen) atoms. The summed E-state index contributed by atoms with van der Waals surface area (Å²) in [4.78, 5) is 28.2. The van der Waals surface area contributed by atoms with Crippen LogP contribution in [-0.2, 0) is 4.79 Å². The van der Waals surface area contributed by atoms with Crippen molar-refractivity contribution in [2.45, 2.75) is 26.7 Å². The van der Waals surface area contributed by atoms with Crippen LogP contribution in [0.3, 0.4) is 0 Å². The summed E-state index contributed by atoms with van der Waals surface area (Å²) < 4.78 is 0. The van der Waals surface area contributed by atoms with Crippen LogP contribution in [0.4, 0.5) is 11.6 Å². The molecule has 0 radical (unpaired) electrons. The van der Waals surface area contributed by atoms with Crippen molar-refractivity contribution in [1.82, 2.24) is 9.97 Å². The van der Waals surface area contributed by atoms with Gasteiger partial charge < -0.3 is 10.6 Å². The van der Waals surface area contributed by atoms with Gasteiger partial charge in [0.2, 0.25) is 6.41 Å². The molecule has 0 saturated carbocycles. The second-order valence-electron chi connectivity index (χ2n) is 6.34. The van der Waals surface area contributed by atoms with Gasteiger partial charge in [0.15, 0.2) is 0 Å². The van der Waals surface area contributed by atoms with Gasteiger partial charge >= 0.3 is 0 Å². The van der Waals surface area contributed by atoms with E-state index >= 15 is 0 Å². The fourth-order valence-electron chi connectivity index (χ4n) is 3.00. The SMILES string of the molecule is CC.CN=C(/C=C(\N)c1ccc(N2CCCC2)nc1)CN(C=O)c1ccccn1. The van der Waals surface area contributed by atoms with E-state index in [9.17, 15) is 4.79 Å². The minimum atomic E-state index is 0.289. The molecule has 1 fully saturated rings. The first-order valence-corrected chi connectivity index (χ1v) is 9.98. The minimum absolute atomic E-state index is 0.289. The Labute approximate surface area is 173 Å². The van der Waals surface area contributed by atoms with E-state index in [-0.39, 0.29) is 6.54 Å².